The van der Waals surface area contributed by atoms with Gasteiger partial charge in [-0.2, -0.15) is 0 Å². The third kappa shape index (κ3) is 5.89. The first kappa shape index (κ1) is 24.3. The van der Waals surface area contributed by atoms with E-state index < -0.39 is 6.10 Å². The second kappa shape index (κ2) is 11.6. The van der Waals surface area contributed by atoms with Gasteiger partial charge < -0.3 is 19.8 Å². The van der Waals surface area contributed by atoms with E-state index in [9.17, 15) is 5.11 Å². The molecule has 5 aromatic rings. The van der Waals surface area contributed by atoms with Crippen LogP contribution in [0.4, 0.5) is 17.1 Å². The Morgan fingerprint density at radius 1 is 0.514 bits per heavy atom. The van der Waals surface area contributed by atoms with E-state index in [4.69, 9.17) is 9.84 Å². The molecule has 37 heavy (non-hydrogen) atoms. The Labute approximate surface area is 217 Å². The van der Waals surface area contributed by atoms with Gasteiger partial charge in [0.2, 0.25) is 0 Å². The number of ether oxygens (including phenoxy) is 1. The van der Waals surface area contributed by atoms with Crippen LogP contribution in [0.5, 0.6) is 5.75 Å². The van der Waals surface area contributed by atoms with Crippen molar-refractivity contribution in [3.05, 3.63) is 133 Å². The molecule has 1 unspecified atom stereocenters. The highest BCUT2D eigenvalue weighted by molar-refractivity contribution is 5.80. The van der Waals surface area contributed by atoms with Gasteiger partial charge in [-0.15, -0.1) is 0 Å². The molecule has 0 saturated carbocycles. The third-order valence-electron chi connectivity index (χ3n) is 6.21. The van der Waals surface area contributed by atoms with E-state index >= 15 is 0 Å². The standard InChI is InChI=1S/C33H29NO3/c35-23-32(36)24-37-33-21-19-31(20-22-33)34(29-15-11-27(12-16-29)25-7-3-1-4-8-25)30-17-13-28(14-18-30)26-9-5-2-6-10-26/h1-22,32,35-36H,23-24H2. The lowest BCUT2D eigenvalue weighted by atomic mass is 10.0. The number of nitrogens with zero attached hydrogens (tertiary/aromatic N) is 1. The van der Waals surface area contributed by atoms with Crippen molar-refractivity contribution in [1.29, 1.82) is 0 Å². The van der Waals surface area contributed by atoms with Gasteiger partial charge in [-0.1, -0.05) is 84.9 Å². The summed E-state index contributed by atoms with van der Waals surface area (Å²) >= 11 is 0. The van der Waals surface area contributed by atoms with Gasteiger partial charge in [0.15, 0.2) is 0 Å². The first-order valence-electron chi connectivity index (χ1n) is 12.3. The van der Waals surface area contributed by atoms with Crippen LogP contribution in [0.3, 0.4) is 0 Å². The van der Waals surface area contributed by atoms with Crippen molar-refractivity contribution in [3.63, 3.8) is 0 Å². The summed E-state index contributed by atoms with van der Waals surface area (Å²) in [7, 11) is 0. The van der Waals surface area contributed by atoms with E-state index in [2.05, 4.69) is 77.7 Å². The number of aliphatic hydroxyl groups excluding tert-OH is 2. The minimum Gasteiger partial charge on any atom is -0.491 e. The Kier molecular flexibility index (Phi) is 7.60. The van der Waals surface area contributed by atoms with E-state index in [-0.39, 0.29) is 13.2 Å². The summed E-state index contributed by atoms with van der Waals surface area (Å²) < 4.78 is 5.61. The van der Waals surface area contributed by atoms with E-state index in [0.717, 1.165) is 28.2 Å². The van der Waals surface area contributed by atoms with E-state index in [0.29, 0.717) is 5.75 Å². The van der Waals surface area contributed by atoms with E-state index in [1.54, 1.807) is 0 Å². The highest BCUT2D eigenvalue weighted by Crippen LogP contribution is 2.37. The molecule has 4 nitrogen and oxygen atoms in total. The van der Waals surface area contributed by atoms with Crippen LogP contribution in [0.1, 0.15) is 0 Å². The molecule has 0 aromatic heterocycles. The number of anilines is 3. The maximum absolute atomic E-state index is 9.59. The molecule has 0 radical (unpaired) electrons. The van der Waals surface area contributed by atoms with Crippen molar-refractivity contribution in [2.75, 3.05) is 18.1 Å². The monoisotopic (exact) mass is 487 g/mol. The Morgan fingerprint density at radius 3 is 1.30 bits per heavy atom. The van der Waals surface area contributed by atoms with Crippen LogP contribution in [0.15, 0.2) is 133 Å². The average molecular weight is 488 g/mol. The van der Waals surface area contributed by atoms with Crippen LogP contribution in [-0.4, -0.2) is 29.5 Å². The van der Waals surface area contributed by atoms with Gasteiger partial charge in [0.05, 0.1) is 6.61 Å². The fourth-order valence-corrected chi connectivity index (χ4v) is 4.25. The topological polar surface area (TPSA) is 52.9 Å². The lowest BCUT2D eigenvalue weighted by molar-refractivity contribution is 0.0536. The lowest BCUT2D eigenvalue weighted by Gasteiger charge is -2.26. The first-order valence-corrected chi connectivity index (χ1v) is 12.3. The minimum absolute atomic E-state index is 0.0431. The summed E-state index contributed by atoms with van der Waals surface area (Å²) in [5.74, 6) is 0.634. The van der Waals surface area contributed by atoms with Crippen LogP contribution in [0.25, 0.3) is 22.3 Å². The minimum atomic E-state index is -0.901. The molecule has 0 amide bonds. The summed E-state index contributed by atoms with van der Waals surface area (Å²) in [6, 6.07) is 45.6. The zero-order valence-corrected chi connectivity index (χ0v) is 20.4. The van der Waals surface area contributed by atoms with Crippen LogP contribution < -0.4 is 9.64 Å². The SMILES string of the molecule is OCC(O)COc1ccc(N(c2ccc(-c3ccccc3)cc2)c2ccc(-c3ccccc3)cc2)cc1. The van der Waals surface area contributed by atoms with Gasteiger partial charge >= 0.3 is 0 Å². The molecule has 184 valence electrons. The molecule has 5 rings (SSSR count). The Balaban J connectivity index is 1.47. The summed E-state index contributed by atoms with van der Waals surface area (Å²) in [5, 5.41) is 18.6. The quantitative estimate of drug-likeness (QED) is 0.230. The number of hydrogen-bond donors (Lipinski definition) is 2. The molecule has 0 saturated heterocycles. The Bertz CT molecular complexity index is 1300. The Hall–Kier alpha value is -4.38. The van der Waals surface area contributed by atoms with Gasteiger partial charge in [-0.05, 0) is 70.8 Å². The molecule has 0 bridgehead atoms. The molecule has 2 N–H and O–H groups in total. The molecule has 0 aliphatic carbocycles. The lowest BCUT2D eigenvalue weighted by Crippen LogP contribution is -2.21. The van der Waals surface area contributed by atoms with E-state index in [1.165, 1.54) is 11.1 Å². The molecule has 0 aliphatic heterocycles. The van der Waals surface area contributed by atoms with Gasteiger partial charge in [0, 0.05) is 17.1 Å². The molecule has 0 heterocycles. The van der Waals surface area contributed by atoms with Crippen LogP contribution in [0.2, 0.25) is 0 Å². The summed E-state index contributed by atoms with van der Waals surface area (Å²) in [6.45, 7) is -0.286. The summed E-state index contributed by atoms with van der Waals surface area (Å²) in [6.07, 6.45) is -0.901. The average Bonchev–Trinajstić information content (AvgIpc) is 2.98. The largest absolute Gasteiger partial charge is 0.491 e. The molecule has 4 heteroatoms. The second-order valence-electron chi connectivity index (χ2n) is 8.80. The van der Waals surface area contributed by atoms with Crippen molar-refractivity contribution < 1.29 is 14.9 Å². The first-order chi connectivity index (χ1) is 18.2. The molecule has 5 aromatic carbocycles. The van der Waals surface area contributed by atoms with Gasteiger partial charge in [0.1, 0.15) is 18.5 Å². The fraction of sp³-hybridized carbons (Fsp3) is 0.0909. The molecular formula is C33H29NO3. The number of hydrogen-bond acceptors (Lipinski definition) is 4. The molecule has 0 aliphatic rings. The Morgan fingerprint density at radius 2 is 0.892 bits per heavy atom. The molecule has 1 atom stereocenters. The van der Waals surface area contributed by atoms with Gasteiger partial charge in [0.25, 0.3) is 0 Å². The predicted octanol–water partition coefficient (Wildman–Crippen LogP) is 7.22. The van der Waals surface area contributed by atoms with Crippen molar-refractivity contribution in [3.8, 4) is 28.0 Å². The zero-order chi connectivity index (χ0) is 25.5. The van der Waals surface area contributed by atoms with Crippen molar-refractivity contribution in [2.24, 2.45) is 0 Å². The maximum atomic E-state index is 9.59. The van der Waals surface area contributed by atoms with Crippen molar-refractivity contribution >= 4 is 17.1 Å². The van der Waals surface area contributed by atoms with Crippen LogP contribution in [-0.2, 0) is 0 Å². The number of aliphatic hydroxyl groups is 2. The fourth-order valence-electron chi connectivity index (χ4n) is 4.25. The normalized spacial score (nSPS) is 11.6. The highest BCUT2D eigenvalue weighted by Gasteiger charge is 2.14. The third-order valence-corrected chi connectivity index (χ3v) is 6.21. The van der Waals surface area contributed by atoms with Crippen molar-refractivity contribution in [1.82, 2.24) is 0 Å². The molecule has 0 fully saturated rings. The predicted molar refractivity (Wildman–Crippen MR) is 151 cm³/mol. The second-order valence-corrected chi connectivity index (χ2v) is 8.80. The highest BCUT2D eigenvalue weighted by atomic mass is 16.5. The number of rotatable bonds is 9. The summed E-state index contributed by atoms with van der Waals surface area (Å²) in [4.78, 5) is 2.20. The van der Waals surface area contributed by atoms with E-state index in [1.807, 2.05) is 60.7 Å². The maximum Gasteiger partial charge on any atom is 0.119 e. The van der Waals surface area contributed by atoms with Crippen molar-refractivity contribution in [2.45, 2.75) is 6.10 Å². The summed E-state index contributed by atoms with van der Waals surface area (Å²) in [5.41, 5.74) is 7.74. The van der Waals surface area contributed by atoms with Crippen LogP contribution >= 0.6 is 0 Å². The van der Waals surface area contributed by atoms with Gasteiger partial charge in [-0.3, -0.25) is 0 Å². The zero-order valence-electron chi connectivity index (χ0n) is 20.4. The molecular weight excluding hydrogens is 458 g/mol. The number of benzene rings is 5. The van der Waals surface area contributed by atoms with Gasteiger partial charge in [-0.25, -0.2) is 0 Å². The molecule has 0 spiro atoms. The van der Waals surface area contributed by atoms with Crippen LogP contribution in [0, 0.1) is 0 Å². The smallest absolute Gasteiger partial charge is 0.119 e.